The molecule has 0 fully saturated rings. The van der Waals surface area contributed by atoms with Crippen LogP contribution < -0.4 is 15.4 Å². The van der Waals surface area contributed by atoms with Crippen LogP contribution in [0.4, 0.5) is 11.6 Å². The van der Waals surface area contributed by atoms with Crippen molar-refractivity contribution in [2.24, 2.45) is 0 Å². The number of nitrogens with one attached hydrogen (secondary N) is 2. The van der Waals surface area contributed by atoms with E-state index >= 15 is 0 Å². The van der Waals surface area contributed by atoms with Gasteiger partial charge in [-0.25, -0.2) is 9.97 Å². The predicted octanol–water partition coefficient (Wildman–Crippen LogP) is 3.40. The van der Waals surface area contributed by atoms with Crippen LogP contribution in [0.1, 0.15) is 33.3 Å². The third-order valence-corrected chi connectivity index (χ3v) is 4.31. The van der Waals surface area contributed by atoms with Crippen LogP contribution in [0, 0.1) is 0 Å². The summed E-state index contributed by atoms with van der Waals surface area (Å²) in [5.41, 5.74) is 2.64. The van der Waals surface area contributed by atoms with E-state index in [1.165, 1.54) is 13.1 Å². The molecule has 0 saturated carbocycles. The van der Waals surface area contributed by atoms with Crippen LogP contribution in [0.3, 0.4) is 0 Å². The van der Waals surface area contributed by atoms with Gasteiger partial charge >= 0.3 is 0 Å². The summed E-state index contributed by atoms with van der Waals surface area (Å²) >= 11 is 0. The quantitative estimate of drug-likeness (QED) is 0.573. The molecule has 0 aliphatic rings. The second-order valence-corrected chi connectivity index (χ2v) is 6.34. The summed E-state index contributed by atoms with van der Waals surface area (Å²) in [5, 5.41) is 5.89. The summed E-state index contributed by atoms with van der Waals surface area (Å²) in [6.07, 6.45) is 2.17. The van der Waals surface area contributed by atoms with E-state index in [0.717, 1.165) is 17.0 Å². The Morgan fingerprint density at radius 3 is 2.52 bits per heavy atom. The predicted molar refractivity (Wildman–Crippen MR) is 111 cm³/mol. The van der Waals surface area contributed by atoms with Crippen LogP contribution in [0.2, 0.25) is 0 Å². The monoisotopic (exact) mass is 390 g/mol. The molecule has 0 radical (unpaired) electrons. The lowest BCUT2D eigenvalue weighted by Crippen LogP contribution is -2.26. The first-order valence-electron chi connectivity index (χ1n) is 9.18. The first-order valence-corrected chi connectivity index (χ1v) is 9.18. The van der Waals surface area contributed by atoms with Crippen molar-refractivity contribution in [3.05, 3.63) is 77.6 Å². The van der Waals surface area contributed by atoms with Gasteiger partial charge in [-0.3, -0.25) is 9.59 Å². The number of nitrogens with zero attached hydrogens (tertiary/aromatic N) is 2. The van der Waals surface area contributed by atoms with Crippen LogP contribution in [0.25, 0.3) is 0 Å². The molecule has 0 bridgehead atoms. The summed E-state index contributed by atoms with van der Waals surface area (Å²) in [7, 11) is 1.63. The molecule has 148 valence electrons. The number of methoxy groups -OCH3 is 1. The lowest BCUT2D eigenvalue weighted by molar-refractivity contribution is 0.0948. The number of aromatic nitrogens is 2. The number of ether oxygens (including phenoxy) is 1. The molecule has 3 rings (SSSR count). The Bertz CT molecular complexity index is 1000. The Hall–Kier alpha value is -3.74. The first kappa shape index (κ1) is 20.0. The van der Waals surface area contributed by atoms with E-state index in [0.29, 0.717) is 24.5 Å². The number of para-hydroxylation sites is 1. The van der Waals surface area contributed by atoms with E-state index < -0.39 is 0 Å². The minimum absolute atomic E-state index is 0.000379. The van der Waals surface area contributed by atoms with Crippen LogP contribution >= 0.6 is 0 Å². The van der Waals surface area contributed by atoms with Gasteiger partial charge in [0.1, 0.15) is 11.4 Å². The summed E-state index contributed by atoms with van der Waals surface area (Å²) < 4.78 is 5.32. The van der Waals surface area contributed by atoms with Gasteiger partial charge in [0.2, 0.25) is 5.95 Å². The first-order chi connectivity index (χ1) is 14.1. The number of ketones is 1. The number of carbonyl (C=O) groups is 2. The van der Waals surface area contributed by atoms with Crippen molar-refractivity contribution in [3.8, 4) is 5.75 Å². The van der Waals surface area contributed by atoms with Crippen molar-refractivity contribution in [1.82, 2.24) is 15.3 Å². The number of amides is 1. The molecule has 1 aromatic heterocycles. The average molecular weight is 390 g/mol. The van der Waals surface area contributed by atoms with Gasteiger partial charge in [0.25, 0.3) is 5.91 Å². The van der Waals surface area contributed by atoms with E-state index in [2.05, 4.69) is 20.6 Å². The minimum Gasteiger partial charge on any atom is -0.496 e. The number of carbonyl (C=O) groups excluding carboxylic acids is 2. The van der Waals surface area contributed by atoms with Crippen LogP contribution in [0.15, 0.2) is 60.8 Å². The third kappa shape index (κ3) is 5.38. The van der Waals surface area contributed by atoms with Gasteiger partial charge in [-0.1, -0.05) is 18.2 Å². The van der Waals surface area contributed by atoms with Crippen LogP contribution in [0.5, 0.6) is 5.75 Å². The SMILES string of the molecule is COc1ccccc1CCNC(=O)c1ccnc(Nc2ccc(C(C)=O)cc2)n1. The molecule has 7 nitrogen and oxygen atoms in total. The molecule has 2 N–H and O–H groups in total. The van der Waals surface area contributed by atoms with Gasteiger partial charge in [0.05, 0.1) is 7.11 Å². The van der Waals surface area contributed by atoms with Crippen molar-refractivity contribution in [2.45, 2.75) is 13.3 Å². The van der Waals surface area contributed by atoms with E-state index in [4.69, 9.17) is 4.74 Å². The number of anilines is 2. The second kappa shape index (κ2) is 9.45. The number of benzene rings is 2. The molecule has 1 heterocycles. The number of Topliss-reactive ketones (excluding diaryl/α,β-unsaturated/α-hetero) is 1. The Morgan fingerprint density at radius 1 is 1.03 bits per heavy atom. The van der Waals surface area contributed by atoms with Crippen LogP contribution in [-0.4, -0.2) is 35.3 Å². The van der Waals surface area contributed by atoms with Crippen molar-refractivity contribution < 1.29 is 14.3 Å². The molecule has 1 amide bonds. The molecular formula is C22H22N4O3. The topological polar surface area (TPSA) is 93.2 Å². The molecule has 0 aliphatic carbocycles. The zero-order valence-electron chi connectivity index (χ0n) is 16.3. The highest BCUT2D eigenvalue weighted by Crippen LogP contribution is 2.17. The van der Waals surface area contributed by atoms with Crippen molar-refractivity contribution in [3.63, 3.8) is 0 Å². The second-order valence-electron chi connectivity index (χ2n) is 6.34. The largest absolute Gasteiger partial charge is 0.496 e. The van der Waals surface area contributed by atoms with E-state index in [-0.39, 0.29) is 17.4 Å². The molecule has 0 unspecified atom stereocenters. The minimum atomic E-state index is -0.280. The summed E-state index contributed by atoms with van der Waals surface area (Å²) in [5.74, 6) is 0.820. The Labute approximate surface area is 169 Å². The molecule has 0 aliphatic heterocycles. The summed E-state index contributed by atoms with van der Waals surface area (Å²) in [6.45, 7) is 1.97. The maximum atomic E-state index is 12.4. The molecule has 2 aromatic carbocycles. The lowest BCUT2D eigenvalue weighted by Gasteiger charge is -2.10. The van der Waals surface area contributed by atoms with Crippen molar-refractivity contribution in [1.29, 1.82) is 0 Å². The molecule has 3 aromatic rings. The Kier molecular flexibility index (Phi) is 6.52. The van der Waals surface area contributed by atoms with Gasteiger partial charge in [-0.2, -0.15) is 0 Å². The van der Waals surface area contributed by atoms with Crippen LogP contribution in [-0.2, 0) is 6.42 Å². The third-order valence-electron chi connectivity index (χ3n) is 4.31. The summed E-state index contributed by atoms with van der Waals surface area (Å²) in [6, 6.07) is 16.2. The fourth-order valence-electron chi connectivity index (χ4n) is 2.77. The average Bonchev–Trinajstić information content (AvgIpc) is 2.74. The molecule has 0 saturated heterocycles. The highest BCUT2D eigenvalue weighted by molar-refractivity contribution is 5.94. The molecular weight excluding hydrogens is 368 g/mol. The fraction of sp³-hybridized carbons (Fsp3) is 0.182. The Balaban J connectivity index is 1.59. The smallest absolute Gasteiger partial charge is 0.270 e. The van der Waals surface area contributed by atoms with Gasteiger partial charge in [-0.15, -0.1) is 0 Å². The molecule has 0 atom stereocenters. The number of hydrogen-bond donors (Lipinski definition) is 2. The van der Waals surface area contributed by atoms with Gasteiger partial charge in [0, 0.05) is 24.0 Å². The van der Waals surface area contributed by atoms with Gasteiger partial charge in [-0.05, 0) is 55.3 Å². The number of rotatable bonds is 8. The molecule has 0 spiro atoms. The standard InChI is InChI=1S/C22H22N4O3/c1-15(27)16-7-9-18(10-8-16)25-22-24-14-12-19(26-22)21(28)23-13-11-17-5-3-4-6-20(17)29-2/h3-10,12,14H,11,13H2,1-2H3,(H,23,28)(H,24,25,26). The van der Waals surface area contributed by atoms with E-state index in [9.17, 15) is 9.59 Å². The highest BCUT2D eigenvalue weighted by Gasteiger charge is 2.10. The van der Waals surface area contributed by atoms with Gasteiger partial charge < -0.3 is 15.4 Å². The van der Waals surface area contributed by atoms with Gasteiger partial charge in [0.15, 0.2) is 5.78 Å². The maximum Gasteiger partial charge on any atom is 0.270 e. The van der Waals surface area contributed by atoms with E-state index in [1.54, 1.807) is 37.4 Å². The van der Waals surface area contributed by atoms with Crippen molar-refractivity contribution >= 4 is 23.3 Å². The van der Waals surface area contributed by atoms with E-state index in [1.807, 2.05) is 24.3 Å². The number of hydrogen-bond acceptors (Lipinski definition) is 6. The maximum absolute atomic E-state index is 12.4. The van der Waals surface area contributed by atoms with Crippen molar-refractivity contribution in [2.75, 3.05) is 19.0 Å². The highest BCUT2D eigenvalue weighted by atomic mass is 16.5. The zero-order valence-corrected chi connectivity index (χ0v) is 16.3. The summed E-state index contributed by atoms with van der Waals surface area (Å²) in [4.78, 5) is 32.2. The lowest BCUT2D eigenvalue weighted by atomic mass is 10.1. The zero-order chi connectivity index (χ0) is 20.6. The Morgan fingerprint density at radius 2 is 1.79 bits per heavy atom. The molecule has 29 heavy (non-hydrogen) atoms. The molecule has 7 heteroatoms. The fourth-order valence-corrected chi connectivity index (χ4v) is 2.77. The normalized spacial score (nSPS) is 10.3.